The second-order valence-corrected chi connectivity index (χ2v) is 4.12. The number of aryl methyl sites for hydroxylation is 1. The number of amides is 2. The fourth-order valence-corrected chi connectivity index (χ4v) is 1.65. The Kier molecular flexibility index (Phi) is 6.74. The molecule has 0 spiro atoms. The van der Waals surface area contributed by atoms with E-state index in [0.717, 1.165) is 23.4 Å². The van der Waals surface area contributed by atoms with Gasteiger partial charge in [0, 0.05) is 25.4 Å². The van der Waals surface area contributed by atoms with Gasteiger partial charge < -0.3 is 20.1 Å². The van der Waals surface area contributed by atoms with Gasteiger partial charge >= 0.3 is 6.03 Å². The number of ether oxygens (including phenoxy) is 2. The van der Waals surface area contributed by atoms with Crippen LogP contribution in [0.2, 0.25) is 0 Å². The summed E-state index contributed by atoms with van der Waals surface area (Å²) in [7, 11) is 1.63. The molecule has 5 heteroatoms. The maximum absolute atomic E-state index is 11.6. The van der Waals surface area contributed by atoms with Crippen molar-refractivity contribution in [1.29, 1.82) is 0 Å². The largest absolute Gasteiger partial charge is 0.496 e. The normalized spacial score (nSPS) is 10.1. The van der Waals surface area contributed by atoms with E-state index in [4.69, 9.17) is 9.47 Å². The molecule has 0 aliphatic rings. The van der Waals surface area contributed by atoms with Gasteiger partial charge in [0.05, 0.1) is 7.11 Å². The summed E-state index contributed by atoms with van der Waals surface area (Å²) in [6.07, 6.45) is 0.808. The summed E-state index contributed by atoms with van der Waals surface area (Å²) in [6, 6.07) is 5.31. The molecule has 0 saturated carbocycles. The second kappa shape index (κ2) is 8.37. The molecule has 5 nitrogen and oxygen atoms in total. The van der Waals surface area contributed by atoms with E-state index >= 15 is 0 Å². The van der Waals surface area contributed by atoms with E-state index in [1.807, 2.05) is 32.0 Å². The lowest BCUT2D eigenvalue weighted by Gasteiger charge is -2.10. The fraction of sp³-hybridized carbons (Fsp3) is 0.500. The number of benzene rings is 1. The van der Waals surface area contributed by atoms with E-state index in [2.05, 4.69) is 10.6 Å². The van der Waals surface area contributed by atoms with Crippen molar-refractivity contribution in [3.63, 3.8) is 0 Å². The van der Waals surface area contributed by atoms with Gasteiger partial charge in [-0.15, -0.1) is 0 Å². The first-order valence-corrected chi connectivity index (χ1v) is 6.44. The molecule has 0 radical (unpaired) electrons. The Hall–Kier alpha value is -1.75. The van der Waals surface area contributed by atoms with Crippen LogP contribution in [0.3, 0.4) is 0 Å². The Morgan fingerprint density at radius 2 is 2.16 bits per heavy atom. The van der Waals surface area contributed by atoms with Gasteiger partial charge in [-0.05, 0) is 44.0 Å². The molecule has 1 rings (SSSR count). The number of hydrogen-bond acceptors (Lipinski definition) is 3. The molecule has 0 fully saturated rings. The van der Waals surface area contributed by atoms with E-state index in [1.54, 1.807) is 7.11 Å². The molecule has 0 unspecified atom stereocenters. The number of urea groups is 1. The first-order chi connectivity index (χ1) is 9.17. The number of nitrogens with one attached hydrogen (secondary N) is 2. The molecule has 1 aromatic carbocycles. The van der Waals surface area contributed by atoms with Gasteiger partial charge in [0.1, 0.15) is 5.75 Å². The van der Waals surface area contributed by atoms with Crippen molar-refractivity contribution < 1.29 is 14.3 Å². The summed E-state index contributed by atoms with van der Waals surface area (Å²) in [5, 5.41) is 5.56. The van der Waals surface area contributed by atoms with Crippen molar-refractivity contribution in [3.05, 3.63) is 23.8 Å². The number of carbonyl (C=O) groups is 1. The van der Waals surface area contributed by atoms with E-state index in [1.165, 1.54) is 0 Å². The third kappa shape index (κ3) is 5.61. The zero-order valence-electron chi connectivity index (χ0n) is 11.8. The van der Waals surface area contributed by atoms with Gasteiger partial charge in [-0.2, -0.15) is 0 Å². The SMILES string of the molecule is CCOCCCNC(=O)Nc1ccc(OC)c(C)c1. The fourth-order valence-electron chi connectivity index (χ4n) is 1.65. The standard InChI is InChI=1S/C14H22N2O3/c1-4-19-9-5-8-15-14(17)16-12-6-7-13(18-3)11(2)10-12/h6-7,10H,4-5,8-9H2,1-3H3,(H2,15,16,17). The Labute approximate surface area is 114 Å². The lowest BCUT2D eigenvalue weighted by molar-refractivity contribution is 0.145. The Morgan fingerprint density at radius 3 is 2.79 bits per heavy atom. The molecule has 0 saturated heterocycles. The topological polar surface area (TPSA) is 59.6 Å². The van der Waals surface area contributed by atoms with Crippen LogP contribution in [0.15, 0.2) is 18.2 Å². The molecule has 0 atom stereocenters. The third-order valence-electron chi connectivity index (χ3n) is 2.61. The monoisotopic (exact) mass is 266 g/mol. The average Bonchev–Trinajstić information content (AvgIpc) is 2.39. The Morgan fingerprint density at radius 1 is 1.37 bits per heavy atom. The summed E-state index contributed by atoms with van der Waals surface area (Å²) >= 11 is 0. The average molecular weight is 266 g/mol. The first kappa shape index (κ1) is 15.3. The summed E-state index contributed by atoms with van der Waals surface area (Å²) in [6.45, 7) is 5.85. The molecule has 1 aromatic rings. The predicted molar refractivity (Wildman–Crippen MR) is 75.9 cm³/mol. The minimum absolute atomic E-state index is 0.207. The molecular weight excluding hydrogens is 244 g/mol. The highest BCUT2D eigenvalue weighted by atomic mass is 16.5. The minimum Gasteiger partial charge on any atom is -0.496 e. The van der Waals surface area contributed by atoms with Crippen LogP contribution in [-0.4, -0.2) is 32.9 Å². The molecule has 0 aromatic heterocycles. The lowest BCUT2D eigenvalue weighted by atomic mass is 10.2. The van der Waals surface area contributed by atoms with Gasteiger partial charge in [0.2, 0.25) is 0 Å². The van der Waals surface area contributed by atoms with Crippen molar-refractivity contribution in [2.45, 2.75) is 20.3 Å². The predicted octanol–water partition coefficient (Wildman–Crippen LogP) is 2.55. The number of hydrogen-bond donors (Lipinski definition) is 2. The molecule has 106 valence electrons. The summed E-state index contributed by atoms with van der Waals surface area (Å²) < 4.78 is 10.4. The van der Waals surface area contributed by atoms with Gasteiger partial charge in [0.15, 0.2) is 0 Å². The molecular formula is C14H22N2O3. The highest BCUT2D eigenvalue weighted by molar-refractivity contribution is 5.89. The summed E-state index contributed by atoms with van der Waals surface area (Å²) in [4.78, 5) is 11.6. The number of rotatable bonds is 7. The van der Waals surface area contributed by atoms with Crippen molar-refractivity contribution in [2.24, 2.45) is 0 Å². The third-order valence-corrected chi connectivity index (χ3v) is 2.61. The second-order valence-electron chi connectivity index (χ2n) is 4.12. The zero-order valence-corrected chi connectivity index (χ0v) is 11.8. The highest BCUT2D eigenvalue weighted by Crippen LogP contribution is 2.21. The van der Waals surface area contributed by atoms with Crippen LogP contribution in [0.5, 0.6) is 5.75 Å². The van der Waals surface area contributed by atoms with Crippen LogP contribution >= 0.6 is 0 Å². The molecule has 0 aliphatic carbocycles. The minimum atomic E-state index is -0.207. The number of carbonyl (C=O) groups excluding carboxylic acids is 1. The highest BCUT2D eigenvalue weighted by Gasteiger charge is 2.03. The van der Waals surface area contributed by atoms with Gasteiger partial charge in [-0.3, -0.25) is 0 Å². The smallest absolute Gasteiger partial charge is 0.319 e. The van der Waals surface area contributed by atoms with Crippen LogP contribution in [0, 0.1) is 6.92 Å². The molecule has 2 amide bonds. The van der Waals surface area contributed by atoms with Crippen LogP contribution in [0.4, 0.5) is 10.5 Å². The van der Waals surface area contributed by atoms with Crippen LogP contribution in [0.1, 0.15) is 18.9 Å². The van der Waals surface area contributed by atoms with Crippen LogP contribution in [0.25, 0.3) is 0 Å². The summed E-state index contributed by atoms with van der Waals surface area (Å²) in [5.41, 5.74) is 1.73. The summed E-state index contributed by atoms with van der Waals surface area (Å²) in [5.74, 6) is 0.808. The van der Waals surface area contributed by atoms with E-state index in [0.29, 0.717) is 19.8 Å². The maximum Gasteiger partial charge on any atom is 0.319 e. The Bertz CT molecular complexity index is 408. The van der Waals surface area contributed by atoms with Crippen molar-refractivity contribution in [2.75, 3.05) is 32.2 Å². The molecule has 0 bridgehead atoms. The van der Waals surface area contributed by atoms with Crippen molar-refractivity contribution in [1.82, 2.24) is 5.32 Å². The molecule has 2 N–H and O–H groups in total. The van der Waals surface area contributed by atoms with Gasteiger partial charge in [-0.1, -0.05) is 0 Å². The first-order valence-electron chi connectivity index (χ1n) is 6.44. The van der Waals surface area contributed by atoms with E-state index < -0.39 is 0 Å². The van der Waals surface area contributed by atoms with Crippen LogP contribution < -0.4 is 15.4 Å². The van der Waals surface area contributed by atoms with Crippen LogP contribution in [-0.2, 0) is 4.74 Å². The quantitative estimate of drug-likeness (QED) is 0.746. The van der Waals surface area contributed by atoms with E-state index in [9.17, 15) is 4.79 Å². The van der Waals surface area contributed by atoms with Gasteiger partial charge in [0.25, 0.3) is 0 Å². The lowest BCUT2D eigenvalue weighted by Crippen LogP contribution is -2.30. The van der Waals surface area contributed by atoms with E-state index in [-0.39, 0.29) is 6.03 Å². The Balaban J connectivity index is 2.34. The molecule has 0 aliphatic heterocycles. The number of methoxy groups -OCH3 is 1. The van der Waals surface area contributed by atoms with Gasteiger partial charge in [-0.25, -0.2) is 4.79 Å². The zero-order chi connectivity index (χ0) is 14.1. The van der Waals surface area contributed by atoms with Crippen molar-refractivity contribution in [3.8, 4) is 5.75 Å². The molecule has 19 heavy (non-hydrogen) atoms. The van der Waals surface area contributed by atoms with Crippen molar-refractivity contribution >= 4 is 11.7 Å². The number of anilines is 1. The molecule has 0 heterocycles. The maximum atomic E-state index is 11.6.